The number of nitrogens with zero attached hydrogens (tertiary/aromatic N) is 2. The highest BCUT2D eigenvalue weighted by atomic mass is 35.5. The van der Waals surface area contributed by atoms with Crippen molar-refractivity contribution in [2.45, 2.75) is 45.1 Å². The summed E-state index contributed by atoms with van der Waals surface area (Å²) in [5.41, 5.74) is 2.69. The second-order valence-electron chi connectivity index (χ2n) is 6.21. The lowest BCUT2D eigenvalue weighted by Crippen LogP contribution is -2.32. The molecule has 1 aromatic heterocycles. The second-order valence-corrected chi connectivity index (χ2v) is 6.57. The predicted molar refractivity (Wildman–Crippen MR) is 95.0 cm³/mol. The zero-order chi connectivity index (χ0) is 15.4. The molecule has 1 saturated heterocycles. The van der Waals surface area contributed by atoms with Crippen LogP contribution in [-0.2, 0) is 6.54 Å². The lowest BCUT2D eigenvalue weighted by molar-refractivity contribution is 0.505. The van der Waals surface area contributed by atoms with E-state index in [9.17, 15) is 0 Å². The number of halogens is 1. The number of hydrogen-bond donors (Lipinski definition) is 0. The number of aromatic nitrogens is 1. The first-order valence-corrected chi connectivity index (χ1v) is 8.82. The first-order chi connectivity index (χ1) is 10.8. The van der Waals surface area contributed by atoms with E-state index in [0.717, 1.165) is 24.8 Å². The van der Waals surface area contributed by atoms with Gasteiger partial charge in [-0.15, -0.1) is 0 Å². The van der Waals surface area contributed by atoms with Crippen LogP contribution >= 0.6 is 11.6 Å². The maximum Gasteiger partial charge on any atom is 0.132 e. The molecule has 3 heteroatoms. The number of piperidine rings is 1. The second kappa shape index (κ2) is 7.23. The van der Waals surface area contributed by atoms with Gasteiger partial charge in [-0.25, -0.2) is 0 Å². The highest BCUT2D eigenvalue weighted by Crippen LogP contribution is 2.34. The molecule has 0 bridgehead atoms. The lowest BCUT2D eigenvalue weighted by Gasteiger charge is -2.33. The number of rotatable bonds is 5. The van der Waals surface area contributed by atoms with Crippen LogP contribution < -0.4 is 4.90 Å². The third kappa shape index (κ3) is 3.33. The average Bonchev–Trinajstić information content (AvgIpc) is 2.95. The average molecular weight is 317 g/mol. The molecule has 0 saturated carbocycles. The summed E-state index contributed by atoms with van der Waals surface area (Å²) in [5, 5.41) is 0.909. The molecule has 0 unspecified atom stereocenters. The van der Waals surface area contributed by atoms with Gasteiger partial charge in [-0.1, -0.05) is 55.3 Å². The SMILES string of the molecule is CCCCn1ccc(N2CCC(c3ccccc3)CC2)c1Cl. The Morgan fingerprint density at radius 2 is 1.82 bits per heavy atom. The fraction of sp³-hybridized carbons (Fsp3) is 0.474. The zero-order valence-corrected chi connectivity index (χ0v) is 14.1. The Labute approximate surface area is 138 Å². The van der Waals surface area contributed by atoms with Gasteiger partial charge in [0.15, 0.2) is 0 Å². The summed E-state index contributed by atoms with van der Waals surface area (Å²) < 4.78 is 2.18. The van der Waals surface area contributed by atoms with Gasteiger partial charge in [0.2, 0.25) is 0 Å². The van der Waals surface area contributed by atoms with Crippen molar-refractivity contribution in [3.8, 4) is 0 Å². The Kier molecular flexibility index (Phi) is 5.09. The molecule has 0 aliphatic carbocycles. The number of aryl methyl sites for hydroxylation is 1. The fourth-order valence-electron chi connectivity index (χ4n) is 3.36. The summed E-state index contributed by atoms with van der Waals surface area (Å²) in [6, 6.07) is 13.1. The van der Waals surface area contributed by atoms with Crippen LogP contribution in [0.2, 0.25) is 5.15 Å². The predicted octanol–water partition coefficient (Wildman–Crippen LogP) is 5.33. The minimum Gasteiger partial charge on any atom is -0.369 e. The fourth-order valence-corrected chi connectivity index (χ4v) is 3.68. The van der Waals surface area contributed by atoms with Crippen LogP contribution in [0, 0.1) is 0 Å². The van der Waals surface area contributed by atoms with Gasteiger partial charge < -0.3 is 9.47 Å². The van der Waals surface area contributed by atoms with E-state index in [2.05, 4.69) is 59.0 Å². The van der Waals surface area contributed by atoms with E-state index in [1.165, 1.54) is 36.9 Å². The highest BCUT2D eigenvalue weighted by molar-refractivity contribution is 6.32. The quantitative estimate of drug-likeness (QED) is 0.724. The van der Waals surface area contributed by atoms with Crippen molar-refractivity contribution in [2.75, 3.05) is 18.0 Å². The van der Waals surface area contributed by atoms with Gasteiger partial charge in [0.1, 0.15) is 5.15 Å². The molecule has 22 heavy (non-hydrogen) atoms. The van der Waals surface area contributed by atoms with Gasteiger partial charge >= 0.3 is 0 Å². The van der Waals surface area contributed by atoms with Gasteiger partial charge in [0.05, 0.1) is 5.69 Å². The van der Waals surface area contributed by atoms with E-state index in [1.54, 1.807) is 0 Å². The maximum atomic E-state index is 6.57. The molecule has 3 rings (SSSR count). The molecule has 1 aromatic carbocycles. The van der Waals surface area contributed by atoms with Crippen molar-refractivity contribution < 1.29 is 0 Å². The number of benzene rings is 1. The van der Waals surface area contributed by atoms with Gasteiger partial charge in [0.25, 0.3) is 0 Å². The van der Waals surface area contributed by atoms with Crippen LogP contribution in [0.5, 0.6) is 0 Å². The van der Waals surface area contributed by atoms with Crippen LogP contribution in [-0.4, -0.2) is 17.7 Å². The van der Waals surface area contributed by atoms with Crippen LogP contribution in [0.1, 0.15) is 44.1 Å². The zero-order valence-electron chi connectivity index (χ0n) is 13.3. The summed E-state index contributed by atoms with van der Waals surface area (Å²) in [5.74, 6) is 0.693. The van der Waals surface area contributed by atoms with Crippen molar-refractivity contribution in [2.24, 2.45) is 0 Å². The van der Waals surface area contributed by atoms with Crippen molar-refractivity contribution in [1.29, 1.82) is 0 Å². The molecule has 0 spiro atoms. The Hall–Kier alpha value is -1.41. The van der Waals surface area contributed by atoms with Crippen LogP contribution in [0.4, 0.5) is 5.69 Å². The van der Waals surface area contributed by atoms with Crippen molar-refractivity contribution in [3.05, 3.63) is 53.3 Å². The third-order valence-corrected chi connectivity index (χ3v) is 5.15. The van der Waals surface area contributed by atoms with Crippen molar-refractivity contribution in [1.82, 2.24) is 4.57 Å². The van der Waals surface area contributed by atoms with E-state index in [4.69, 9.17) is 11.6 Å². The monoisotopic (exact) mass is 316 g/mol. The largest absolute Gasteiger partial charge is 0.369 e. The lowest BCUT2D eigenvalue weighted by atomic mass is 9.89. The molecule has 2 nitrogen and oxygen atoms in total. The maximum absolute atomic E-state index is 6.57. The molecule has 1 fully saturated rings. The Balaban J connectivity index is 1.63. The highest BCUT2D eigenvalue weighted by Gasteiger charge is 2.23. The van der Waals surface area contributed by atoms with E-state index in [0.29, 0.717) is 5.92 Å². The minimum absolute atomic E-state index is 0.693. The molecular formula is C19H25ClN2. The van der Waals surface area contributed by atoms with Crippen LogP contribution in [0.25, 0.3) is 0 Å². The van der Waals surface area contributed by atoms with Gasteiger partial charge in [0, 0.05) is 25.8 Å². The van der Waals surface area contributed by atoms with E-state index < -0.39 is 0 Å². The molecule has 0 amide bonds. The molecule has 2 aromatic rings. The van der Waals surface area contributed by atoms with Gasteiger partial charge in [-0.2, -0.15) is 0 Å². The summed E-state index contributed by atoms with van der Waals surface area (Å²) in [6.45, 7) is 5.43. The number of anilines is 1. The normalized spacial score (nSPS) is 16.2. The van der Waals surface area contributed by atoms with Gasteiger partial charge in [-0.3, -0.25) is 0 Å². The van der Waals surface area contributed by atoms with E-state index in [1.807, 2.05) is 0 Å². The van der Waals surface area contributed by atoms with Crippen LogP contribution in [0.15, 0.2) is 42.6 Å². The molecule has 118 valence electrons. The van der Waals surface area contributed by atoms with E-state index in [-0.39, 0.29) is 0 Å². The number of unbranched alkanes of at least 4 members (excludes halogenated alkanes) is 1. The van der Waals surface area contributed by atoms with Crippen molar-refractivity contribution >= 4 is 17.3 Å². The minimum atomic E-state index is 0.693. The number of hydrogen-bond acceptors (Lipinski definition) is 1. The molecule has 0 N–H and O–H groups in total. The first-order valence-electron chi connectivity index (χ1n) is 8.44. The molecule has 0 radical (unpaired) electrons. The topological polar surface area (TPSA) is 8.17 Å². The Bertz CT molecular complexity index is 583. The van der Waals surface area contributed by atoms with Crippen LogP contribution in [0.3, 0.4) is 0 Å². The summed E-state index contributed by atoms with van der Waals surface area (Å²) in [6.07, 6.45) is 6.94. The summed E-state index contributed by atoms with van der Waals surface area (Å²) in [4.78, 5) is 2.45. The standard InChI is InChI=1S/C19H25ClN2/c1-2-3-12-22-15-11-18(19(22)20)21-13-9-17(10-14-21)16-7-5-4-6-8-16/h4-8,11,15,17H,2-3,9-10,12-14H2,1H3. The van der Waals surface area contributed by atoms with E-state index >= 15 is 0 Å². The molecule has 1 aliphatic heterocycles. The smallest absolute Gasteiger partial charge is 0.132 e. The summed E-state index contributed by atoms with van der Waals surface area (Å²) in [7, 11) is 0. The molecule has 0 atom stereocenters. The molecule has 2 heterocycles. The first kappa shape index (κ1) is 15.5. The van der Waals surface area contributed by atoms with Crippen molar-refractivity contribution in [3.63, 3.8) is 0 Å². The summed E-state index contributed by atoms with van der Waals surface area (Å²) >= 11 is 6.57. The molecular weight excluding hydrogens is 292 g/mol. The Morgan fingerprint density at radius 1 is 1.09 bits per heavy atom. The molecule has 1 aliphatic rings. The Morgan fingerprint density at radius 3 is 2.50 bits per heavy atom. The third-order valence-electron chi connectivity index (χ3n) is 4.74. The van der Waals surface area contributed by atoms with Gasteiger partial charge in [-0.05, 0) is 36.8 Å².